The van der Waals surface area contributed by atoms with Gasteiger partial charge in [-0.25, -0.2) is 4.79 Å². The van der Waals surface area contributed by atoms with Crippen LogP contribution in [0.5, 0.6) is 5.75 Å². The molecule has 3 N–H and O–H groups in total. The Hall–Kier alpha value is -4.95. The second-order valence-electron chi connectivity index (χ2n) is 7.29. The molecule has 0 aliphatic rings. The third kappa shape index (κ3) is 6.55. The monoisotopic (exact) mass is 505 g/mol. The molecule has 36 heavy (non-hydrogen) atoms. The molecule has 0 spiro atoms. The Morgan fingerprint density at radius 3 is 2.17 bits per heavy atom. The van der Waals surface area contributed by atoms with Gasteiger partial charge in [0.15, 0.2) is 0 Å². The van der Waals surface area contributed by atoms with Gasteiger partial charge in [0.2, 0.25) is 5.91 Å². The van der Waals surface area contributed by atoms with Crippen LogP contribution in [-0.4, -0.2) is 31.3 Å². The van der Waals surface area contributed by atoms with Gasteiger partial charge in [0.25, 0.3) is 5.91 Å². The van der Waals surface area contributed by atoms with Crippen molar-refractivity contribution in [3.8, 4) is 11.8 Å². The van der Waals surface area contributed by atoms with Crippen molar-refractivity contribution in [1.29, 1.82) is 5.26 Å². The molecule has 0 aromatic heterocycles. The topological polar surface area (TPSA) is 163 Å². The van der Waals surface area contributed by atoms with Crippen molar-refractivity contribution in [2.45, 2.75) is 11.8 Å². The zero-order valence-electron chi connectivity index (χ0n) is 18.8. The summed E-state index contributed by atoms with van der Waals surface area (Å²) >= 11 is 0. The van der Waals surface area contributed by atoms with E-state index in [2.05, 4.69) is 10.6 Å². The fraction of sp³-hybridized carbons (Fsp3) is 0.0400. The number of carbonyl (C=O) groups is 3. The molecule has 11 heteroatoms. The predicted molar refractivity (Wildman–Crippen MR) is 131 cm³/mol. The molecule has 3 aromatic rings. The number of nitriles is 1. The summed E-state index contributed by atoms with van der Waals surface area (Å²) in [5.41, 5.74) is 0.445. The van der Waals surface area contributed by atoms with Crippen LogP contribution in [0.15, 0.2) is 83.3 Å². The van der Waals surface area contributed by atoms with E-state index < -0.39 is 22.0 Å². The molecule has 0 bridgehead atoms. The maximum absolute atomic E-state index is 12.5. The highest BCUT2D eigenvalue weighted by Gasteiger charge is 2.17. The third-order valence-electron chi connectivity index (χ3n) is 4.63. The Labute approximate surface area is 206 Å². The number of para-hydroxylation sites is 1. The number of aromatic carboxylic acids is 1. The summed E-state index contributed by atoms with van der Waals surface area (Å²) in [4.78, 5) is 34.8. The number of carboxylic acid groups (broad SMARTS) is 1. The molecular weight excluding hydrogens is 486 g/mol. The van der Waals surface area contributed by atoms with Gasteiger partial charge >= 0.3 is 16.1 Å². The van der Waals surface area contributed by atoms with Gasteiger partial charge in [0.1, 0.15) is 22.3 Å². The number of nitrogens with zero attached hydrogens (tertiary/aromatic N) is 1. The van der Waals surface area contributed by atoms with Gasteiger partial charge in [-0.05, 0) is 60.2 Å². The van der Waals surface area contributed by atoms with Crippen molar-refractivity contribution in [3.05, 3.63) is 89.5 Å². The van der Waals surface area contributed by atoms with E-state index in [1.165, 1.54) is 79.7 Å². The van der Waals surface area contributed by atoms with Crippen LogP contribution in [0.25, 0.3) is 6.08 Å². The third-order valence-corrected chi connectivity index (χ3v) is 5.89. The molecule has 3 aromatic carbocycles. The Bertz CT molecular complexity index is 1490. The fourth-order valence-corrected chi connectivity index (χ4v) is 3.92. The van der Waals surface area contributed by atoms with E-state index in [1.807, 2.05) is 0 Å². The summed E-state index contributed by atoms with van der Waals surface area (Å²) < 4.78 is 30.2. The van der Waals surface area contributed by atoms with E-state index in [1.54, 1.807) is 12.1 Å². The van der Waals surface area contributed by atoms with E-state index in [4.69, 9.17) is 4.18 Å². The van der Waals surface area contributed by atoms with Crippen LogP contribution in [0.1, 0.15) is 22.8 Å². The summed E-state index contributed by atoms with van der Waals surface area (Å²) in [6.45, 7) is 1.33. The molecule has 182 valence electrons. The summed E-state index contributed by atoms with van der Waals surface area (Å²) in [6.07, 6.45) is 1.26. The lowest BCUT2D eigenvalue weighted by Crippen LogP contribution is -2.16. The van der Waals surface area contributed by atoms with Crippen LogP contribution < -0.4 is 14.8 Å². The van der Waals surface area contributed by atoms with E-state index in [0.717, 1.165) is 0 Å². The molecule has 0 radical (unpaired) electrons. The maximum Gasteiger partial charge on any atom is 0.339 e. The number of carbonyl (C=O) groups excluding carboxylic acids is 2. The van der Waals surface area contributed by atoms with Crippen LogP contribution in [-0.2, 0) is 19.7 Å². The van der Waals surface area contributed by atoms with Gasteiger partial charge in [0.05, 0.1) is 11.3 Å². The number of nitrogens with one attached hydrogen (secondary N) is 2. The number of benzene rings is 3. The molecule has 0 aliphatic heterocycles. The van der Waals surface area contributed by atoms with E-state index in [0.29, 0.717) is 11.3 Å². The molecule has 0 heterocycles. The maximum atomic E-state index is 12.5. The zero-order valence-corrected chi connectivity index (χ0v) is 19.6. The second kappa shape index (κ2) is 11.0. The molecular formula is C25H19N3O7S. The smallest absolute Gasteiger partial charge is 0.339 e. The van der Waals surface area contributed by atoms with Crippen molar-refractivity contribution in [2.24, 2.45) is 0 Å². The number of hydrogen-bond donors (Lipinski definition) is 3. The second-order valence-corrected chi connectivity index (χ2v) is 8.83. The van der Waals surface area contributed by atoms with Crippen LogP contribution in [0.4, 0.5) is 11.4 Å². The average Bonchev–Trinajstić information content (AvgIpc) is 2.83. The number of rotatable bonds is 8. The highest BCUT2D eigenvalue weighted by molar-refractivity contribution is 7.87. The van der Waals surface area contributed by atoms with Crippen LogP contribution in [0.3, 0.4) is 0 Å². The fourth-order valence-electron chi connectivity index (χ4n) is 2.99. The SMILES string of the molecule is CC(=O)Nc1ccc(S(=O)(=O)Oc2ccc(/C=C(\C#N)C(=O)Nc3ccccc3C(=O)O)cc2)cc1. The molecule has 0 fully saturated rings. The Kier molecular flexibility index (Phi) is 7.83. The zero-order chi connectivity index (χ0) is 26.3. The largest absolute Gasteiger partial charge is 0.478 e. The minimum atomic E-state index is -4.15. The Morgan fingerprint density at radius 2 is 1.58 bits per heavy atom. The van der Waals surface area contributed by atoms with Crippen molar-refractivity contribution in [3.63, 3.8) is 0 Å². The van der Waals surface area contributed by atoms with Crippen molar-refractivity contribution in [1.82, 2.24) is 0 Å². The highest BCUT2D eigenvalue weighted by Crippen LogP contribution is 2.22. The normalized spacial score (nSPS) is 11.2. The number of anilines is 2. The van der Waals surface area contributed by atoms with Gasteiger partial charge in [0, 0.05) is 12.6 Å². The lowest BCUT2D eigenvalue weighted by molar-refractivity contribution is -0.114. The molecule has 2 amide bonds. The molecule has 10 nitrogen and oxygen atoms in total. The van der Waals surface area contributed by atoms with Crippen molar-refractivity contribution < 1.29 is 32.1 Å². The summed E-state index contributed by atoms with van der Waals surface area (Å²) in [5.74, 6) is -2.34. The van der Waals surface area contributed by atoms with Gasteiger partial charge in [-0.2, -0.15) is 13.7 Å². The minimum Gasteiger partial charge on any atom is -0.478 e. The average molecular weight is 506 g/mol. The summed E-state index contributed by atoms with van der Waals surface area (Å²) in [5, 5.41) is 23.6. The van der Waals surface area contributed by atoms with Crippen LogP contribution in [0, 0.1) is 11.3 Å². The number of hydrogen-bond acceptors (Lipinski definition) is 7. The lowest BCUT2D eigenvalue weighted by atomic mass is 10.1. The summed E-state index contributed by atoms with van der Waals surface area (Å²) in [6, 6.07) is 18.5. The van der Waals surface area contributed by atoms with E-state index in [9.17, 15) is 33.2 Å². The Morgan fingerprint density at radius 1 is 0.944 bits per heavy atom. The van der Waals surface area contributed by atoms with Crippen molar-refractivity contribution >= 4 is 45.4 Å². The molecule has 0 atom stereocenters. The first-order chi connectivity index (χ1) is 17.1. The Balaban J connectivity index is 1.73. The molecule has 0 aliphatic carbocycles. The van der Waals surface area contributed by atoms with Crippen LogP contribution >= 0.6 is 0 Å². The highest BCUT2D eigenvalue weighted by atomic mass is 32.2. The van der Waals surface area contributed by atoms with Gasteiger partial charge in [-0.1, -0.05) is 24.3 Å². The lowest BCUT2D eigenvalue weighted by Gasteiger charge is -2.09. The first-order valence-electron chi connectivity index (χ1n) is 10.3. The van der Waals surface area contributed by atoms with Gasteiger partial charge in [-0.3, -0.25) is 9.59 Å². The number of amides is 2. The van der Waals surface area contributed by atoms with E-state index in [-0.39, 0.29) is 33.4 Å². The first kappa shape index (κ1) is 25.7. The predicted octanol–water partition coefficient (Wildman–Crippen LogP) is 3.66. The molecule has 0 saturated carbocycles. The first-order valence-corrected chi connectivity index (χ1v) is 11.7. The quantitative estimate of drug-likeness (QED) is 0.237. The summed E-state index contributed by atoms with van der Waals surface area (Å²) in [7, 11) is -4.15. The van der Waals surface area contributed by atoms with Gasteiger partial charge < -0.3 is 19.9 Å². The molecule has 0 unspecified atom stereocenters. The standard InChI is InChI=1S/C25H19N3O7S/c1-16(29)27-19-8-12-21(13-9-19)36(33,34)35-20-10-6-17(7-11-20)14-18(15-26)24(30)28-23-5-3-2-4-22(23)25(31)32/h2-14H,1H3,(H,27,29)(H,28,30)(H,31,32)/b18-14+. The van der Waals surface area contributed by atoms with Gasteiger partial charge in [-0.15, -0.1) is 0 Å². The van der Waals surface area contributed by atoms with Crippen molar-refractivity contribution in [2.75, 3.05) is 10.6 Å². The van der Waals surface area contributed by atoms with E-state index >= 15 is 0 Å². The minimum absolute atomic E-state index is 0.00330. The molecule has 0 saturated heterocycles. The molecule has 3 rings (SSSR count). The van der Waals surface area contributed by atoms with Crippen LogP contribution in [0.2, 0.25) is 0 Å². The number of carboxylic acids is 1.